The highest BCUT2D eigenvalue weighted by molar-refractivity contribution is 7.11. The summed E-state index contributed by atoms with van der Waals surface area (Å²) in [6.07, 6.45) is 4.35. The highest BCUT2D eigenvalue weighted by Gasteiger charge is 2.36. The van der Waals surface area contributed by atoms with Crippen LogP contribution in [0.2, 0.25) is 0 Å². The number of fused-ring (bicyclic) bond motifs is 1. The van der Waals surface area contributed by atoms with Crippen molar-refractivity contribution in [2.24, 2.45) is 0 Å². The summed E-state index contributed by atoms with van der Waals surface area (Å²) in [4.78, 5) is 33.7. The first-order chi connectivity index (χ1) is 17.1. The molecule has 0 saturated carbocycles. The number of aromatic nitrogens is 2. The van der Waals surface area contributed by atoms with Gasteiger partial charge in [0, 0.05) is 67.1 Å². The largest absolute Gasteiger partial charge is 0.335 e. The molecule has 0 spiro atoms. The zero-order chi connectivity index (χ0) is 23.9. The van der Waals surface area contributed by atoms with Crippen LogP contribution in [0.25, 0.3) is 16.6 Å². The molecule has 2 aliphatic heterocycles. The van der Waals surface area contributed by atoms with Crippen LogP contribution >= 0.6 is 11.3 Å². The number of nitrogens with one attached hydrogen (secondary N) is 1. The van der Waals surface area contributed by atoms with Gasteiger partial charge in [0.05, 0.1) is 11.1 Å². The minimum absolute atomic E-state index is 0.00981. The van der Waals surface area contributed by atoms with Crippen molar-refractivity contribution in [3.63, 3.8) is 0 Å². The second-order valence-electron chi connectivity index (χ2n) is 9.06. The summed E-state index contributed by atoms with van der Waals surface area (Å²) in [5.41, 5.74) is 2.17. The summed E-state index contributed by atoms with van der Waals surface area (Å²) in [5.74, 6) is -0.352. The predicted octanol–water partition coefficient (Wildman–Crippen LogP) is 3.55. The van der Waals surface area contributed by atoms with Crippen LogP contribution in [0.15, 0.2) is 66.3 Å². The lowest BCUT2D eigenvalue weighted by atomic mass is 10.0. The number of carbonyl (C=O) groups is 2. The lowest BCUT2D eigenvalue weighted by Gasteiger charge is -2.41. The Bertz CT molecular complexity index is 1400. The number of rotatable bonds is 5. The molecule has 35 heavy (non-hydrogen) atoms. The molecule has 0 radical (unpaired) electrons. The molecule has 1 atom stereocenters. The Morgan fingerprint density at radius 3 is 2.63 bits per heavy atom. The smallest absolute Gasteiger partial charge is 0.282 e. The third-order valence-corrected chi connectivity index (χ3v) is 7.52. The SMILES string of the molecule is O=C(c1nccs1)N1CCC(NC2CN(C(=O)c3cn(-c4cccc(F)c4)c4ccccc34)C2)C1. The maximum atomic E-state index is 13.8. The van der Waals surface area contributed by atoms with E-state index >= 15 is 0 Å². The van der Waals surface area contributed by atoms with E-state index in [0.717, 1.165) is 17.3 Å². The lowest BCUT2D eigenvalue weighted by molar-refractivity contribution is 0.0554. The Morgan fingerprint density at radius 1 is 1.00 bits per heavy atom. The molecule has 1 N–H and O–H groups in total. The first-order valence-corrected chi connectivity index (χ1v) is 12.5. The van der Waals surface area contributed by atoms with Gasteiger partial charge >= 0.3 is 0 Å². The molecular formula is C26H24FN5O2S. The number of likely N-dealkylation sites (tertiary alicyclic amines) is 2. The molecule has 0 aliphatic carbocycles. The van der Waals surface area contributed by atoms with Crippen LogP contribution < -0.4 is 5.32 Å². The molecular weight excluding hydrogens is 465 g/mol. The van der Waals surface area contributed by atoms with Gasteiger partial charge in [-0.3, -0.25) is 9.59 Å². The molecule has 2 amide bonds. The molecule has 2 aliphatic rings. The van der Waals surface area contributed by atoms with Crippen molar-refractivity contribution in [2.75, 3.05) is 26.2 Å². The molecule has 178 valence electrons. The van der Waals surface area contributed by atoms with Crippen LogP contribution in [0, 0.1) is 5.82 Å². The van der Waals surface area contributed by atoms with Gasteiger partial charge < -0.3 is 19.7 Å². The van der Waals surface area contributed by atoms with E-state index in [1.165, 1.54) is 23.5 Å². The predicted molar refractivity (Wildman–Crippen MR) is 132 cm³/mol. The van der Waals surface area contributed by atoms with Crippen LogP contribution in [0.5, 0.6) is 0 Å². The Hall–Kier alpha value is -3.56. The number of amides is 2. The van der Waals surface area contributed by atoms with Crippen LogP contribution in [0.4, 0.5) is 4.39 Å². The maximum absolute atomic E-state index is 13.8. The van der Waals surface area contributed by atoms with Gasteiger partial charge in [-0.1, -0.05) is 24.3 Å². The van der Waals surface area contributed by atoms with Crippen molar-refractivity contribution in [2.45, 2.75) is 18.5 Å². The Labute approximate surface area is 205 Å². The van der Waals surface area contributed by atoms with Gasteiger partial charge in [0.1, 0.15) is 5.82 Å². The molecule has 7 nitrogen and oxygen atoms in total. The summed E-state index contributed by atoms with van der Waals surface area (Å²) in [5, 5.41) is 6.80. The van der Waals surface area contributed by atoms with Gasteiger partial charge in [-0.05, 0) is 30.7 Å². The van der Waals surface area contributed by atoms with E-state index in [4.69, 9.17) is 0 Å². The fraction of sp³-hybridized carbons (Fsp3) is 0.269. The van der Waals surface area contributed by atoms with Gasteiger partial charge in [0.25, 0.3) is 11.8 Å². The zero-order valence-electron chi connectivity index (χ0n) is 18.9. The quantitative estimate of drug-likeness (QED) is 0.466. The van der Waals surface area contributed by atoms with E-state index in [1.54, 1.807) is 12.3 Å². The first-order valence-electron chi connectivity index (χ1n) is 11.7. The summed E-state index contributed by atoms with van der Waals surface area (Å²) in [7, 11) is 0. The highest BCUT2D eigenvalue weighted by Crippen LogP contribution is 2.28. The van der Waals surface area contributed by atoms with Crippen LogP contribution in [0.1, 0.15) is 26.6 Å². The van der Waals surface area contributed by atoms with Crippen molar-refractivity contribution in [3.05, 3.63) is 82.7 Å². The number of hydrogen-bond acceptors (Lipinski definition) is 5. The van der Waals surface area contributed by atoms with E-state index in [2.05, 4.69) is 10.3 Å². The van der Waals surface area contributed by atoms with Gasteiger partial charge in [0.15, 0.2) is 5.01 Å². The summed E-state index contributed by atoms with van der Waals surface area (Å²) in [6.45, 7) is 2.61. The Kier molecular flexibility index (Phi) is 5.58. The lowest BCUT2D eigenvalue weighted by Crippen LogP contribution is -2.62. The molecule has 2 aromatic heterocycles. The number of thiazole rings is 1. The molecule has 2 fully saturated rings. The summed E-state index contributed by atoms with van der Waals surface area (Å²) in [6, 6.07) is 14.5. The van der Waals surface area contributed by atoms with Crippen LogP contribution in [0.3, 0.4) is 0 Å². The second-order valence-corrected chi connectivity index (χ2v) is 9.95. The molecule has 0 bridgehead atoms. The monoisotopic (exact) mass is 489 g/mol. The average Bonchev–Trinajstić information content (AvgIpc) is 3.60. The van der Waals surface area contributed by atoms with E-state index in [1.807, 2.05) is 56.3 Å². The number of nitrogens with zero attached hydrogens (tertiary/aromatic N) is 4. The van der Waals surface area contributed by atoms with Crippen molar-refractivity contribution in [1.29, 1.82) is 0 Å². The molecule has 6 rings (SSSR count). The fourth-order valence-corrected chi connectivity index (χ4v) is 5.59. The number of para-hydroxylation sites is 1. The molecule has 1 unspecified atom stereocenters. The van der Waals surface area contributed by atoms with Gasteiger partial charge in [-0.15, -0.1) is 11.3 Å². The molecule has 4 heterocycles. The topological polar surface area (TPSA) is 70.5 Å². The van der Waals surface area contributed by atoms with Crippen LogP contribution in [-0.4, -0.2) is 69.4 Å². The van der Waals surface area contributed by atoms with E-state index in [0.29, 0.717) is 42.4 Å². The Morgan fingerprint density at radius 2 is 1.83 bits per heavy atom. The summed E-state index contributed by atoms with van der Waals surface area (Å²) >= 11 is 1.36. The van der Waals surface area contributed by atoms with E-state index in [-0.39, 0.29) is 29.7 Å². The van der Waals surface area contributed by atoms with Gasteiger partial charge in [-0.25, -0.2) is 9.37 Å². The molecule has 2 aromatic carbocycles. The van der Waals surface area contributed by atoms with Crippen molar-refractivity contribution in [1.82, 2.24) is 24.7 Å². The second kappa shape index (κ2) is 8.90. The first kappa shape index (κ1) is 21.9. The molecule has 9 heteroatoms. The van der Waals surface area contributed by atoms with E-state index < -0.39 is 0 Å². The molecule has 4 aromatic rings. The third-order valence-electron chi connectivity index (χ3n) is 6.76. The van der Waals surface area contributed by atoms with Crippen molar-refractivity contribution >= 4 is 34.1 Å². The average molecular weight is 490 g/mol. The zero-order valence-corrected chi connectivity index (χ0v) is 19.7. The Balaban J connectivity index is 1.11. The standard InChI is InChI=1S/C26H24FN5O2S/c27-17-4-3-5-20(12-17)32-16-22(21-6-1-2-7-23(21)32)25(33)31-14-19(15-31)29-18-8-10-30(13-18)26(34)24-28-9-11-35-24/h1-7,9,11-12,16,18-19,29H,8,10,13-15H2. The highest BCUT2D eigenvalue weighted by atomic mass is 32.1. The maximum Gasteiger partial charge on any atom is 0.282 e. The van der Waals surface area contributed by atoms with Crippen molar-refractivity contribution in [3.8, 4) is 5.69 Å². The number of carbonyl (C=O) groups excluding carboxylic acids is 2. The van der Waals surface area contributed by atoms with Crippen molar-refractivity contribution < 1.29 is 14.0 Å². The minimum atomic E-state index is -0.316. The normalized spacial score (nSPS) is 18.3. The number of benzene rings is 2. The fourth-order valence-electron chi connectivity index (χ4n) is 4.99. The third kappa shape index (κ3) is 4.11. The number of halogens is 1. The molecule has 2 saturated heterocycles. The minimum Gasteiger partial charge on any atom is -0.335 e. The van der Waals surface area contributed by atoms with Crippen LogP contribution in [-0.2, 0) is 0 Å². The van der Waals surface area contributed by atoms with Gasteiger partial charge in [-0.2, -0.15) is 0 Å². The number of hydrogen-bond donors (Lipinski definition) is 1. The van der Waals surface area contributed by atoms with Gasteiger partial charge in [0.2, 0.25) is 0 Å². The van der Waals surface area contributed by atoms with E-state index in [9.17, 15) is 14.0 Å². The summed E-state index contributed by atoms with van der Waals surface area (Å²) < 4.78 is 15.7.